The Morgan fingerprint density at radius 2 is 2.38 bits per heavy atom. The Morgan fingerprint density at radius 3 is 3.00 bits per heavy atom. The summed E-state index contributed by atoms with van der Waals surface area (Å²) in [5, 5.41) is 0. The van der Waals surface area contributed by atoms with Gasteiger partial charge in [0, 0.05) is 31.6 Å². The summed E-state index contributed by atoms with van der Waals surface area (Å²) in [6.07, 6.45) is 1.50. The van der Waals surface area contributed by atoms with Gasteiger partial charge in [0.2, 0.25) is 0 Å². The molecule has 0 N–H and O–H groups in total. The predicted molar refractivity (Wildman–Crippen MR) is 84.9 cm³/mol. The smallest absolute Gasteiger partial charge is 0.351 e. The molecule has 2 rings (SSSR count). The standard InChI is InChI=1S/C14H23N3O3S/c1-5-19-8-13-20-12(9-21-13)17-7-6-11(15-14(17)18)16(4)10(2)3/h6-7,10,12-13H,5,8-9H2,1-4H3/t12-,13?/m0/s1. The average molecular weight is 313 g/mol. The van der Waals surface area contributed by atoms with Gasteiger partial charge >= 0.3 is 5.69 Å². The second-order valence-electron chi connectivity index (χ2n) is 5.19. The number of hydrogen-bond donors (Lipinski definition) is 0. The molecule has 1 aliphatic rings. The molecule has 7 heteroatoms. The van der Waals surface area contributed by atoms with Gasteiger partial charge in [0.1, 0.15) is 17.5 Å². The van der Waals surface area contributed by atoms with E-state index in [1.807, 2.05) is 24.9 Å². The van der Waals surface area contributed by atoms with Gasteiger partial charge in [0.25, 0.3) is 0 Å². The van der Waals surface area contributed by atoms with Crippen LogP contribution in [0.4, 0.5) is 5.82 Å². The SMILES string of the molecule is CCOCC1O[C@H](n2ccc(N(C)C(C)C)nc2=O)CS1. The molecular formula is C14H23N3O3S. The minimum atomic E-state index is -0.275. The molecule has 0 saturated carbocycles. The minimum absolute atomic E-state index is 0.0140. The first-order valence-electron chi connectivity index (χ1n) is 7.19. The van der Waals surface area contributed by atoms with Crippen molar-refractivity contribution in [2.24, 2.45) is 0 Å². The van der Waals surface area contributed by atoms with Gasteiger partial charge < -0.3 is 14.4 Å². The fourth-order valence-electron chi connectivity index (χ4n) is 1.97. The van der Waals surface area contributed by atoms with Crippen molar-refractivity contribution in [3.8, 4) is 0 Å². The zero-order valence-electron chi connectivity index (χ0n) is 13.0. The first-order chi connectivity index (χ1) is 10.0. The maximum atomic E-state index is 12.2. The summed E-state index contributed by atoms with van der Waals surface area (Å²) in [5.74, 6) is 1.42. The molecule has 1 aromatic heterocycles. The van der Waals surface area contributed by atoms with Crippen LogP contribution in [0.15, 0.2) is 17.1 Å². The summed E-state index contributed by atoms with van der Waals surface area (Å²) in [6, 6.07) is 2.15. The number of ether oxygens (including phenoxy) is 2. The zero-order chi connectivity index (χ0) is 15.4. The van der Waals surface area contributed by atoms with Crippen molar-refractivity contribution in [2.75, 3.05) is 30.9 Å². The van der Waals surface area contributed by atoms with E-state index in [4.69, 9.17) is 9.47 Å². The summed E-state index contributed by atoms with van der Waals surface area (Å²) >= 11 is 1.66. The first kappa shape index (κ1) is 16.3. The third-order valence-electron chi connectivity index (χ3n) is 3.45. The molecule has 21 heavy (non-hydrogen) atoms. The van der Waals surface area contributed by atoms with Crippen LogP contribution in [0.5, 0.6) is 0 Å². The van der Waals surface area contributed by atoms with Gasteiger partial charge in [-0.1, -0.05) is 0 Å². The molecule has 1 fully saturated rings. The molecule has 1 unspecified atom stereocenters. The van der Waals surface area contributed by atoms with Crippen molar-refractivity contribution in [2.45, 2.75) is 38.5 Å². The van der Waals surface area contributed by atoms with Crippen LogP contribution in [-0.2, 0) is 9.47 Å². The van der Waals surface area contributed by atoms with Crippen LogP contribution < -0.4 is 10.6 Å². The zero-order valence-corrected chi connectivity index (χ0v) is 13.8. The highest BCUT2D eigenvalue weighted by Gasteiger charge is 2.28. The maximum Gasteiger partial charge on any atom is 0.351 e. The highest BCUT2D eigenvalue weighted by molar-refractivity contribution is 8.00. The minimum Gasteiger partial charge on any atom is -0.378 e. The van der Waals surface area contributed by atoms with E-state index in [1.165, 1.54) is 0 Å². The highest BCUT2D eigenvalue weighted by Crippen LogP contribution is 2.31. The molecule has 2 atom stereocenters. The van der Waals surface area contributed by atoms with Crippen molar-refractivity contribution in [1.29, 1.82) is 0 Å². The number of hydrogen-bond acceptors (Lipinski definition) is 6. The van der Waals surface area contributed by atoms with E-state index < -0.39 is 0 Å². The van der Waals surface area contributed by atoms with Gasteiger partial charge in [-0.25, -0.2) is 4.79 Å². The van der Waals surface area contributed by atoms with Gasteiger partial charge in [-0.15, -0.1) is 11.8 Å². The van der Waals surface area contributed by atoms with Gasteiger partial charge in [0.15, 0.2) is 0 Å². The van der Waals surface area contributed by atoms with Crippen LogP contribution in [0, 0.1) is 0 Å². The van der Waals surface area contributed by atoms with Crippen LogP contribution in [-0.4, -0.2) is 47.0 Å². The van der Waals surface area contributed by atoms with Crippen LogP contribution in [0.3, 0.4) is 0 Å². The fraction of sp³-hybridized carbons (Fsp3) is 0.714. The lowest BCUT2D eigenvalue weighted by Crippen LogP contribution is -2.33. The quantitative estimate of drug-likeness (QED) is 0.797. The van der Waals surface area contributed by atoms with Gasteiger partial charge in [-0.05, 0) is 26.8 Å². The fourth-order valence-corrected chi connectivity index (χ4v) is 2.99. The lowest BCUT2D eigenvalue weighted by Gasteiger charge is -2.23. The molecule has 0 amide bonds. The maximum absolute atomic E-state index is 12.2. The molecule has 0 bridgehead atoms. The van der Waals surface area contributed by atoms with E-state index >= 15 is 0 Å². The molecule has 118 valence electrons. The molecule has 0 aliphatic carbocycles. The van der Waals surface area contributed by atoms with E-state index in [1.54, 1.807) is 22.5 Å². The lowest BCUT2D eigenvalue weighted by molar-refractivity contribution is -0.0226. The van der Waals surface area contributed by atoms with E-state index in [9.17, 15) is 4.79 Å². The Hall–Kier alpha value is -1.05. The van der Waals surface area contributed by atoms with Gasteiger partial charge in [-0.2, -0.15) is 4.98 Å². The van der Waals surface area contributed by atoms with Crippen molar-refractivity contribution in [1.82, 2.24) is 9.55 Å². The largest absolute Gasteiger partial charge is 0.378 e. The summed E-state index contributed by atoms with van der Waals surface area (Å²) in [6.45, 7) is 7.29. The average Bonchev–Trinajstić information content (AvgIpc) is 2.92. The predicted octanol–water partition coefficient (Wildman–Crippen LogP) is 1.71. The highest BCUT2D eigenvalue weighted by atomic mass is 32.2. The van der Waals surface area contributed by atoms with E-state index in [0.29, 0.717) is 25.1 Å². The lowest BCUT2D eigenvalue weighted by atomic mass is 10.3. The molecule has 1 aromatic rings. The Bertz CT molecular complexity index is 520. The van der Waals surface area contributed by atoms with Crippen LogP contribution in [0.25, 0.3) is 0 Å². The van der Waals surface area contributed by atoms with Gasteiger partial charge in [-0.3, -0.25) is 4.57 Å². The summed E-state index contributed by atoms with van der Waals surface area (Å²) in [4.78, 5) is 18.3. The van der Waals surface area contributed by atoms with Crippen molar-refractivity contribution in [3.05, 3.63) is 22.7 Å². The third kappa shape index (κ3) is 3.99. The van der Waals surface area contributed by atoms with Crippen LogP contribution >= 0.6 is 11.8 Å². The molecule has 1 saturated heterocycles. The number of rotatable bonds is 6. The van der Waals surface area contributed by atoms with Gasteiger partial charge in [0.05, 0.1) is 6.61 Å². The molecule has 0 radical (unpaired) electrons. The Morgan fingerprint density at radius 1 is 1.62 bits per heavy atom. The van der Waals surface area contributed by atoms with Crippen molar-refractivity contribution >= 4 is 17.6 Å². The van der Waals surface area contributed by atoms with Crippen molar-refractivity contribution < 1.29 is 9.47 Å². The summed E-state index contributed by atoms with van der Waals surface area (Å²) in [7, 11) is 1.93. The van der Waals surface area contributed by atoms with Crippen molar-refractivity contribution in [3.63, 3.8) is 0 Å². The van der Waals surface area contributed by atoms with E-state index in [0.717, 1.165) is 5.75 Å². The van der Waals surface area contributed by atoms with Crippen LogP contribution in [0.2, 0.25) is 0 Å². The molecule has 2 heterocycles. The second kappa shape index (κ2) is 7.29. The monoisotopic (exact) mass is 313 g/mol. The van der Waals surface area contributed by atoms with Crippen LogP contribution in [0.1, 0.15) is 27.0 Å². The molecule has 0 aromatic carbocycles. The Kier molecular flexibility index (Phi) is 5.66. The normalized spacial score (nSPS) is 22.0. The number of nitrogens with zero attached hydrogens (tertiary/aromatic N) is 3. The number of anilines is 1. The Labute approximate surface area is 129 Å². The van der Waals surface area contributed by atoms with E-state index in [-0.39, 0.29) is 17.4 Å². The topological polar surface area (TPSA) is 56.6 Å². The third-order valence-corrected chi connectivity index (χ3v) is 4.55. The summed E-state index contributed by atoms with van der Waals surface area (Å²) < 4.78 is 12.7. The molecule has 0 spiro atoms. The van der Waals surface area contributed by atoms with E-state index in [2.05, 4.69) is 18.8 Å². The molecular weight excluding hydrogens is 290 g/mol. The molecule has 6 nitrogen and oxygen atoms in total. The molecule has 1 aliphatic heterocycles. The Balaban J connectivity index is 2.07. The second-order valence-corrected chi connectivity index (χ2v) is 6.39. The summed E-state index contributed by atoms with van der Waals surface area (Å²) in [5.41, 5.74) is -0.289. The first-order valence-corrected chi connectivity index (χ1v) is 8.24. The number of thioether (sulfide) groups is 1. The number of aromatic nitrogens is 2.